The molecule has 132 valence electrons. The number of carbonyl (C=O) groups excluding carboxylic acids is 1. The number of halogens is 2. The summed E-state index contributed by atoms with van der Waals surface area (Å²) in [5.41, 5.74) is -1.05. The third-order valence-corrected chi connectivity index (χ3v) is 4.89. The van der Waals surface area contributed by atoms with Crippen molar-refractivity contribution in [2.75, 3.05) is 13.1 Å². The number of nitrogens with zero attached hydrogens (tertiary/aromatic N) is 1. The number of carboxylic acids is 1. The van der Waals surface area contributed by atoms with Crippen LogP contribution in [0.5, 0.6) is 0 Å². The molecule has 0 saturated carbocycles. The Morgan fingerprint density at radius 1 is 1.17 bits per heavy atom. The van der Waals surface area contributed by atoms with E-state index in [-0.39, 0.29) is 0 Å². The van der Waals surface area contributed by atoms with Gasteiger partial charge in [0.05, 0.1) is 15.5 Å². The quantitative estimate of drug-likeness (QED) is 0.836. The lowest BCUT2D eigenvalue weighted by Crippen LogP contribution is -2.50. The number of rotatable bonds is 2. The van der Waals surface area contributed by atoms with Gasteiger partial charge in [-0.2, -0.15) is 0 Å². The van der Waals surface area contributed by atoms with E-state index in [1.165, 1.54) is 0 Å². The number of aliphatic carboxylic acids is 1. The number of carbonyl (C=O) groups is 2. The molecule has 0 bridgehead atoms. The van der Waals surface area contributed by atoms with E-state index in [0.717, 1.165) is 0 Å². The maximum absolute atomic E-state index is 12.1. The minimum atomic E-state index is -1.08. The van der Waals surface area contributed by atoms with Crippen molar-refractivity contribution in [3.8, 4) is 0 Å². The van der Waals surface area contributed by atoms with Gasteiger partial charge in [0, 0.05) is 13.1 Å². The molecule has 1 aliphatic rings. The summed E-state index contributed by atoms with van der Waals surface area (Å²) in [6.07, 6.45) is 0.162. The summed E-state index contributed by atoms with van der Waals surface area (Å²) in [7, 11) is 0. The van der Waals surface area contributed by atoms with Gasteiger partial charge in [0.15, 0.2) is 0 Å². The molecule has 1 aromatic rings. The number of hydrogen-bond acceptors (Lipinski definition) is 3. The van der Waals surface area contributed by atoms with Crippen molar-refractivity contribution >= 4 is 35.3 Å². The Hall–Kier alpha value is -1.46. The molecule has 0 spiro atoms. The molecule has 7 heteroatoms. The Balaban J connectivity index is 2.19. The van der Waals surface area contributed by atoms with E-state index >= 15 is 0 Å². The van der Waals surface area contributed by atoms with Crippen molar-refractivity contribution in [2.24, 2.45) is 0 Å². The van der Waals surface area contributed by atoms with Crippen molar-refractivity contribution < 1.29 is 19.4 Å². The van der Waals surface area contributed by atoms with E-state index in [9.17, 15) is 14.7 Å². The van der Waals surface area contributed by atoms with Crippen LogP contribution in [-0.2, 0) is 14.9 Å². The Morgan fingerprint density at radius 3 is 2.21 bits per heavy atom. The van der Waals surface area contributed by atoms with Gasteiger partial charge < -0.3 is 14.7 Å². The van der Waals surface area contributed by atoms with Crippen LogP contribution in [0.3, 0.4) is 0 Å². The second kappa shape index (κ2) is 6.81. The highest BCUT2D eigenvalue weighted by Crippen LogP contribution is 2.38. The predicted octanol–water partition coefficient (Wildman–Crippen LogP) is 4.35. The largest absolute Gasteiger partial charge is 0.481 e. The molecule has 0 aromatic heterocycles. The fourth-order valence-electron chi connectivity index (χ4n) is 2.82. The first-order chi connectivity index (χ1) is 11.0. The summed E-state index contributed by atoms with van der Waals surface area (Å²) in [5, 5.41) is 10.5. The maximum atomic E-state index is 12.1. The van der Waals surface area contributed by atoms with Crippen LogP contribution >= 0.6 is 23.2 Å². The number of piperidine rings is 1. The van der Waals surface area contributed by atoms with Gasteiger partial charge in [-0.25, -0.2) is 4.79 Å². The monoisotopic (exact) mass is 373 g/mol. The number of ether oxygens (including phenoxy) is 1. The molecule has 0 unspecified atom stereocenters. The lowest BCUT2D eigenvalue weighted by atomic mass is 9.73. The maximum Gasteiger partial charge on any atom is 0.410 e. The van der Waals surface area contributed by atoms with Crippen LogP contribution in [0.2, 0.25) is 10.0 Å². The number of likely N-dealkylation sites (tertiary alicyclic amines) is 1. The second-order valence-electron chi connectivity index (χ2n) is 6.98. The normalized spacial score (nSPS) is 17.5. The van der Waals surface area contributed by atoms with E-state index in [1.807, 2.05) is 0 Å². The molecule has 1 aliphatic heterocycles. The summed E-state index contributed by atoms with van der Waals surface area (Å²) in [4.78, 5) is 25.7. The third-order valence-electron chi connectivity index (χ3n) is 4.15. The van der Waals surface area contributed by atoms with Crippen molar-refractivity contribution in [3.63, 3.8) is 0 Å². The number of carboxylic acid groups (broad SMARTS) is 1. The van der Waals surface area contributed by atoms with Gasteiger partial charge in [-0.05, 0) is 51.3 Å². The van der Waals surface area contributed by atoms with Gasteiger partial charge in [0.1, 0.15) is 5.60 Å². The van der Waals surface area contributed by atoms with Crippen LogP contribution in [-0.4, -0.2) is 40.8 Å². The van der Waals surface area contributed by atoms with E-state index in [0.29, 0.717) is 41.5 Å². The highest BCUT2D eigenvalue weighted by atomic mass is 35.5. The first kappa shape index (κ1) is 18.9. The number of benzene rings is 1. The Bertz CT molecular complexity index is 646. The fraction of sp³-hybridized carbons (Fsp3) is 0.529. The molecule has 0 atom stereocenters. The lowest BCUT2D eigenvalue weighted by Gasteiger charge is -2.39. The summed E-state index contributed by atoms with van der Waals surface area (Å²) >= 11 is 12.0. The summed E-state index contributed by atoms with van der Waals surface area (Å²) in [6, 6.07) is 4.89. The van der Waals surface area contributed by atoms with Crippen LogP contribution in [0.4, 0.5) is 4.79 Å². The van der Waals surface area contributed by atoms with E-state index in [2.05, 4.69) is 0 Å². The molecule has 1 heterocycles. The zero-order chi connectivity index (χ0) is 18.1. The van der Waals surface area contributed by atoms with Crippen LogP contribution in [0.15, 0.2) is 18.2 Å². The van der Waals surface area contributed by atoms with Gasteiger partial charge in [-0.1, -0.05) is 29.3 Å². The smallest absolute Gasteiger partial charge is 0.410 e. The molecule has 5 nitrogen and oxygen atoms in total. The van der Waals surface area contributed by atoms with E-state index in [1.54, 1.807) is 43.9 Å². The zero-order valence-corrected chi connectivity index (χ0v) is 15.4. The van der Waals surface area contributed by atoms with Crippen molar-refractivity contribution in [1.29, 1.82) is 0 Å². The standard InChI is InChI=1S/C17H21Cl2NO4/c1-16(2,3)24-15(23)20-8-6-17(7-9-20,14(21)22)11-4-5-12(18)13(19)10-11/h4-5,10H,6-9H2,1-3H3,(H,21,22). The summed E-state index contributed by atoms with van der Waals surface area (Å²) in [6.45, 7) is 6.01. The molecule has 1 saturated heterocycles. The number of amides is 1. The average molecular weight is 374 g/mol. The highest BCUT2D eigenvalue weighted by molar-refractivity contribution is 6.42. The van der Waals surface area contributed by atoms with Gasteiger partial charge >= 0.3 is 12.1 Å². The molecule has 2 rings (SSSR count). The molecular weight excluding hydrogens is 353 g/mol. The highest BCUT2D eigenvalue weighted by Gasteiger charge is 2.44. The molecule has 1 amide bonds. The molecular formula is C17H21Cl2NO4. The average Bonchev–Trinajstić information content (AvgIpc) is 2.48. The van der Waals surface area contributed by atoms with E-state index in [4.69, 9.17) is 27.9 Å². The van der Waals surface area contributed by atoms with Gasteiger partial charge in [-0.3, -0.25) is 4.79 Å². The van der Waals surface area contributed by atoms with Crippen LogP contribution in [0, 0.1) is 0 Å². The second-order valence-corrected chi connectivity index (χ2v) is 7.80. The first-order valence-corrected chi connectivity index (χ1v) is 8.48. The van der Waals surface area contributed by atoms with E-state index < -0.39 is 23.1 Å². The molecule has 24 heavy (non-hydrogen) atoms. The molecule has 1 aromatic carbocycles. The van der Waals surface area contributed by atoms with Crippen LogP contribution < -0.4 is 0 Å². The predicted molar refractivity (Wildman–Crippen MR) is 92.8 cm³/mol. The van der Waals surface area contributed by atoms with Crippen LogP contribution in [0.1, 0.15) is 39.2 Å². The summed E-state index contributed by atoms with van der Waals surface area (Å²) < 4.78 is 5.35. The summed E-state index contributed by atoms with van der Waals surface area (Å²) in [5.74, 6) is -0.926. The van der Waals surface area contributed by atoms with Crippen LogP contribution in [0.25, 0.3) is 0 Å². The van der Waals surface area contributed by atoms with Crippen molar-refractivity contribution in [1.82, 2.24) is 4.90 Å². The Labute approximate surface area is 151 Å². The van der Waals surface area contributed by atoms with Gasteiger partial charge in [0.2, 0.25) is 0 Å². The van der Waals surface area contributed by atoms with Gasteiger partial charge in [-0.15, -0.1) is 0 Å². The first-order valence-electron chi connectivity index (χ1n) is 7.72. The van der Waals surface area contributed by atoms with Gasteiger partial charge in [0.25, 0.3) is 0 Å². The molecule has 1 N–H and O–H groups in total. The van der Waals surface area contributed by atoms with Crippen molar-refractivity contribution in [2.45, 2.75) is 44.6 Å². The van der Waals surface area contributed by atoms with Crippen molar-refractivity contribution in [3.05, 3.63) is 33.8 Å². The lowest BCUT2D eigenvalue weighted by molar-refractivity contribution is -0.146. The minimum absolute atomic E-state index is 0.291. The minimum Gasteiger partial charge on any atom is -0.481 e. The number of hydrogen-bond donors (Lipinski definition) is 1. The SMILES string of the molecule is CC(C)(C)OC(=O)N1CCC(C(=O)O)(c2ccc(Cl)c(Cl)c2)CC1. The fourth-order valence-corrected chi connectivity index (χ4v) is 3.12. The topological polar surface area (TPSA) is 66.8 Å². The Morgan fingerprint density at radius 2 is 1.75 bits per heavy atom. The zero-order valence-electron chi connectivity index (χ0n) is 13.9. The Kier molecular flexibility index (Phi) is 5.35. The molecule has 0 radical (unpaired) electrons. The molecule has 1 fully saturated rings. The molecule has 0 aliphatic carbocycles. The third kappa shape index (κ3) is 3.95.